The van der Waals surface area contributed by atoms with Crippen molar-refractivity contribution in [3.63, 3.8) is 0 Å². The first kappa shape index (κ1) is 11.9. The van der Waals surface area contributed by atoms with Crippen molar-refractivity contribution in [2.45, 2.75) is 13.3 Å². The Morgan fingerprint density at radius 2 is 2.24 bits per heavy atom. The van der Waals surface area contributed by atoms with Crippen LogP contribution in [-0.2, 0) is 4.79 Å². The van der Waals surface area contributed by atoms with Crippen LogP contribution in [0.2, 0.25) is 5.02 Å². The number of hydrogen-bond acceptors (Lipinski definition) is 2. The topological polar surface area (TPSA) is 49.4 Å². The number of anilines is 1. The third kappa shape index (κ3) is 2.26. The summed E-state index contributed by atoms with van der Waals surface area (Å²) in [6, 6.07) is 6.34. The van der Waals surface area contributed by atoms with Gasteiger partial charge in [0, 0.05) is 11.6 Å². The Hall–Kier alpha value is -1.55. The molecule has 1 unspecified atom stereocenters. The fourth-order valence-corrected chi connectivity index (χ4v) is 2.02. The molecule has 1 saturated heterocycles. The Morgan fingerprint density at radius 1 is 1.47 bits per heavy atom. The van der Waals surface area contributed by atoms with Gasteiger partial charge in [-0.05, 0) is 24.6 Å². The largest absolute Gasteiger partial charge is 0.337 e. The first-order valence-corrected chi connectivity index (χ1v) is 5.88. The van der Waals surface area contributed by atoms with E-state index < -0.39 is 0 Å². The molecule has 1 heterocycles. The number of nitrogens with one attached hydrogen (secondary N) is 1. The van der Waals surface area contributed by atoms with Gasteiger partial charge in [0.1, 0.15) is 0 Å². The van der Waals surface area contributed by atoms with Crippen molar-refractivity contribution in [2.75, 3.05) is 11.4 Å². The van der Waals surface area contributed by atoms with Crippen molar-refractivity contribution in [3.8, 4) is 0 Å². The number of imide groups is 1. The minimum absolute atomic E-state index is 0.160. The number of carbonyl (C=O) groups excluding carboxylic acids is 2. The Bertz CT molecular complexity index is 462. The lowest BCUT2D eigenvalue weighted by Gasteiger charge is -2.30. The smallest absolute Gasteiger partial charge is 0.328 e. The Labute approximate surface area is 105 Å². The normalized spacial score (nSPS) is 20.4. The zero-order valence-electron chi connectivity index (χ0n) is 9.44. The molecule has 1 aliphatic rings. The predicted octanol–water partition coefficient (Wildman–Crippen LogP) is 2.42. The van der Waals surface area contributed by atoms with Gasteiger partial charge in [-0.1, -0.05) is 24.6 Å². The van der Waals surface area contributed by atoms with E-state index in [1.807, 2.05) is 6.92 Å². The van der Waals surface area contributed by atoms with E-state index >= 15 is 0 Å². The number of carbonyl (C=O) groups is 2. The summed E-state index contributed by atoms with van der Waals surface area (Å²) in [6.45, 7) is 2.33. The van der Waals surface area contributed by atoms with Crippen LogP contribution in [0.25, 0.3) is 0 Å². The van der Waals surface area contributed by atoms with Crippen molar-refractivity contribution in [3.05, 3.63) is 29.3 Å². The van der Waals surface area contributed by atoms with E-state index in [0.717, 1.165) is 4.90 Å². The molecule has 1 atom stereocenters. The molecule has 0 spiro atoms. The van der Waals surface area contributed by atoms with Gasteiger partial charge >= 0.3 is 6.03 Å². The summed E-state index contributed by atoms with van der Waals surface area (Å²) in [4.78, 5) is 25.0. The highest BCUT2D eigenvalue weighted by molar-refractivity contribution is 6.31. The van der Waals surface area contributed by atoms with Crippen LogP contribution in [0.5, 0.6) is 0 Å². The zero-order chi connectivity index (χ0) is 12.4. The number of amides is 3. The van der Waals surface area contributed by atoms with Gasteiger partial charge in [-0.2, -0.15) is 0 Å². The van der Waals surface area contributed by atoms with Crippen molar-refractivity contribution in [1.82, 2.24) is 5.32 Å². The van der Waals surface area contributed by atoms with E-state index in [-0.39, 0.29) is 17.9 Å². The molecule has 3 amide bonds. The molecule has 4 nitrogen and oxygen atoms in total. The highest BCUT2D eigenvalue weighted by Gasteiger charge is 2.34. The Kier molecular flexibility index (Phi) is 3.33. The molecule has 2 rings (SSSR count). The molecule has 1 aliphatic heterocycles. The summed E-state index contributed by atoms with van der Waals surface area (Å²) in [5.41, 5.74) is 0.512. The number of urea groups is 1. The molecule has 0 bridgehead atoms. The summed E-state index contributed by atoms with van der Waals surface area (Å²) in [5, 5.41) is 3.21. The van der Waals surface area contributed by atoms with Gasteiger partial charge in [0.05, 0.1) is 11.6 Å². The number of rotatable bonds is 2. The van der Waals surface area contributed by atoms with Crippen LogP contribution in [0.3, 0.4) is 0 Å². The standard InChI is InChI=1S/C12H13ClN2O2/c1-2-8-7-14-12(17)15(11(8)16)10-5-3-4-9(13)6-10/h3-6,8H,2,7H2,1H3,(H,14,17). The van der Waals surface area contributed by atoms with Gasteiger partial charge in [-0.3, -0.25) is 4.79 Å². The lowest BCUT2D eigenvalue weighted by atomic mass is 10.0. The highest BCUT2D eigenvalue weighted by Crippen LogP contribution is 2.24. The Balaban J connectivity index is 2.34. The average molecular weight is 253 g/mol. The van der Waals surface area contributed by atoms with Crippen LogP contribution in [0.15, 0.2) is 24.3 Å². The van der Waals surface area contributed by atoms with Crippen LogP contribution in [-0.4, -0.2) is 18.5 Å². The number of hydrogen-bond donors (Lipinski definition) is 1. The third-order valence-corrected chi connectivity index (χ3v) is 3.07. The lowest BCUT2D eigenvalue weighted by molar-refractivity contribution is -0.122. The van der Waals surface area contributed by atoms with Gasteiger partial charge in [-0.25, -0.2) is 9.69 Å². The first-order chi connectivity index (χ1) is 8.13. The molecular weight excluding hydrogens is 240 g/mol. The summed E-state index contributed by atoms with van der Waals surface area (Å²) >= 11 is 5.86. The van der Waals surface area contributed by atoms with Gasteiger partial charge < -0.3 is 5.32 Å². The van der Waals surface area contributed by atoms with Crippen molar-refractivity contribution >= 4 is 29.2 Å². The van der Waals surface area contributed by atoms with Crippen LogP contribution in [0, 0.1) is 5.92 Å². The number of nitrogens with zero attached hydrogens (tertiary/aromatic N) is 1. The van der Waals surface area contributed by atoms with Gasteiger partial charge in [0.15, 0.2) is 0 Å². The predicted molar refractivity (Wildman–Crippen MR) is 66.1 cm³/mol. The molecule has 0 aliphatic carbocycles. The van der Waals surface area contributed by atoms with E-state index in [0.29, 0.717) is 23.7 Å². The first-order valence-electron chi connectivity index (χ1n) is 5.51. The molecule has 90 valence electrons. The SMILES string of the molecule is CCC1CNC(=O)N(c2cccc(Cl)c2)C1=O. The lowest BCUT2D eigenvalue weighted by Crippen LogP contribution is -2.55. The summed E-state index contributed by atoms with van der Waals surface area (Å²) in [7, 11) is 0. The second kappa shape index (κ2) is 4.75. The van der Waals surface area contributed by atoms with Gasteiger partial charge in [0.2, 0.25) is 5.91 Å². The quantitative estimate of drug-likeness (QED) is 0.879. The monoisotopic (exact) mass is 252 g/mol. The number of halogens is 1. The molecule has 5 heteroatoms. The molecule has 0 aromatic heterocycles. The zero-order valence-corrected chi connectivity index (χ0v) is 10.2. The van der Waals surface area contributed by atoms with Crippen molar-refractivity contribution in [2.24, 2.45) is 5.92 Å². The number of benzene rings is 1. The van der Waals surface area contributed by atoms with Crippen LogP contribution < -0.4 is 10.2 Å². The fourth-order valence-electron chi connectivity index (χ4n) is 1.84. The minimum Gasteiger partial charge on any atom is -0.337 e. The summed E-state index contributed by atoms with van der Waals surface area (Å²) in [5.74, 6) is -0.329. The van der Waals surface area contributed by atoms with Crippen molar-refractivity contribution < 1.29 is 9.59 Å². The molecule has 17 heavy (non-hydrogen) atoms. The van der Waals surface area contributed by atoms with Crippen LogP contribution >= 0.6 is 11.6 Å². The van der Waals surface area contributed by atoms with Gasteiger partial charge in [0.25, 0.3) is 0 Å². The second-order valence-corrected chi connectivity index (χ2v) is 4.38. The van der Waals surface area contributed by atoms with Crippen molar-refractivity contribution in [1.29, 1.82) is 0 Å². The van der Waals surface area contributed by atoms with Crippen LogP contribution in [0.1, 0.15) is 13.3 Å². The maximum Gasteiger partial charge on any atom is 0.328 e. The second-order valence-electron chi connectivity index (χ2n) is 3.94. The minimum atomic E-state index is -0.387. The molecule has 0 saturated carbocycles. The average Bonchev–Trinajstić information content (AvgIpc) is 2.29. The molecule has 1 aromatic rings. The van der Waals surface area contributed by atoms with E-state index in [1.54, 1.807) is 24.3 Å². The maximum absolute atomic E-state index is 12.1. The van der Waals surface area contributed by atoms with E-state index in [4.69, 9.17) is 11.6 Å². The molecule has 1 aromatic carbocycles. The summed E-state index contributed by atoms with van der Waals surface area (Å²) < 4.78 is 0. The fraction of sp³-hybridized carbons (Fsp3) is 0.333. The van der Waals surface area contributed by atoms with E-state index in [2.05, 4.69) is 5.32 Å². The highest BCUT2D eigenvalue weighted by atomic mass is 35.5. The van der Waals surface area contributed by atoms with Gasteiger partial charge in [-0.15, -0.1) is 0 Å². The molecular formula is C12H13ClN2O2. The van der Waals surface area contributed by atoms with E-state index in [1.165, 1.54) is 0 Å². The molecule has 1 N–H and O–H groups in total. The van der Waals surface area contributed by atoms with E-state index in [9.17, 15) is 9.59 Å². The summed E-state index contributed by atoms with van der Waals surface area (Å²) in [6.07, 6.45) is 0.705. The van der Waals surface area contributed by atoms with Crippen LogP contribution in [0.4, 0.5) is 10.5 Å². The molecule has 0 radical (unpaired) electrons. The Morgan fingerprint density at radius 3 is 2.88 bits per heavy atom. The molecule has 1 fully saturated rings. The third-order valence-electron chi connectivity index (χ3n) is 2.83. The maximum atomic E-state index is 12.1.